The third-order valence-corrected chi connectivity index (χ3v) is 10.7. The molecule has 1 fully saturated rings. The topological polar surface area (TPSA) is 174 Å². The van der Waals surface area contributed by atoms with Crippen LogP contribution in [0.4, 0.5) is 30.7 Å². The summed E-state index contributed by atoms with van der Waals surface area (Å²) in [5.41, 5.74) is 0.768. The van der Waals surface area contributed by atoms with Gasteiger partial charge < -0.3 is 34.8 Å². The number of alkyl halides is 5. The van der Waals surface area contributed by atoms with Gasteiger partial charge in [0.05, 0.1) is 10.9 Å². The van der Waals surface area contributed by atoms with E-state index in [0.29, 0.717) is 22.0 Å². The molecule has 336 valence electrons. The molecule has 0 aliphatic carbocycles. The predicted octanol–water partition coefficient (Wildman–Crippen LogP) is 6.17. The maximum absolute atomic E-state index is 14.5. The summed E-state index contributed by atoms with van der Waals surface area (Å²) in [5.74, 6) is -10.5. The molecule has 6 rings (SSSR count). The minimum atomic E-state index is -5.71. The predicted molar refractivity (Wildman–Crippen MR) is 215 cm³/mol. The number of aryl methyl sites for hydroxylation is 2. The van der Waals surface area contributed by atoms with E-state index in [2.05, 4.69) is 16.8 Å². The lowest BCUT2D eigenvalue weighted by atomic mass is 9.99. The molecule has 19 heteroatoms. The van der Waals surface area contributed by atoms with E-state index in [1.165, 1.54) is 24.3 Å². The lowest BCUT2D eigenvalue weighted by molar-refractivity contribution is -0.289. The van der Waals surface area contributed by atoms with Crippen LogP contribution in [-0.4, -0.2) is 102 Å². The number of rotatable bonds is 14. The van der Waals surface area contributed by atoms with Gasteiger partial charge in [0.15, 0.2) is 23.8 Å². The van der Waals surface area contributed by atoms with Crippen LogP contribution in [0.2, 0.25) is 0 Å². The van der Waals surface area contributed by atoms with Crippen molar-refractivity contribution in [3.63, 3.8) is 0 Å². The second kappa shape index (κ2) is 20.3. The zero-order valence-electron chi connectivity index (χ0n) is 33.6. The van der Waals surface area contributed by atoms with Gasteiger partial charge in [0, 0.05) is 37.7 Å². The Bertz CT molecular complexity index is 2440. The van der Waals surface area contributed by atoms with Gasteiger partial charge in [0.25, 0.3) is 5.56 Å². The minimum absolute atomic E-state index is 0.0432. The molecule has 2 heterocycles. The third-order valence-electron chi connectivity index (χ3n) is 10.7. The molecule has 1 aliphatic heterocycles. The Labute approximate surface area is 355 Å². The highest BCUT2D eigenvalue weighted by molar-refractivity contribution is 5.83. The number of para-hydroxylation sites is 1. The van der Waals surface area contributed by atoms with Crippen molar-refractivity contribution in [2.45, 2.75) is 76.0 Å². The van der Waals surface area contributed by atoms with Crippen LogP contribution in [-0.2, 0) is 46.2 Å². The monoisotopic (exact) mass is 888 g/mol. The summed E-state index contributed by atoms with van der Waals surface area (Å²) in [4.78, 5) is 55.4. The molecule has 12 nitrogen and oxygen atoms in total. The Morgan fingerprint density at radius 1 is 0.794 bits per heavy atom. The van der Waals surface area contributed by atoms with E-state index in [9.17, 15) is 49.9 Å². The minimum Gasteiger partial charge on any atom is -0.479 e. The molecule has 1 aromatic heterocycles. The Hall–Kier alpha value is -6.18. The van der Waals surface area contributed by atoms with E-state index in [-0.39, 0.29) is 49.3 Å². The normalized spacial score (nSPS) is 14.7. The molecule has 2 atom stereocenters. The number of aromatic nitrogens is 2. The Kier molecular flexibility index (Phi) is 15.5. The zero-order valence-corrected chi connectivity index (χ0v) is 33.6. The van der Waals surface area contributed by atoms with Crippen LogP contribution in [0.15, 0.2) is 95.8 Å². The van der Waals surface area contributed by atoms with Gasteiger partial charge in [-0.3, -0.25) is 9.59 Å². The number of piperidine rings is 1. The number of carbonyl (C=O) groups excluding carboxylic acids is 1. The number of carboxylic acid groups (broad SMARTS) is 2. The first-order valence-corrected chi connectivity index (χ1v) is 19.6. The fourth-order valence-corrected chi connectivity index (χ4v) is 7.12. The van der Waals surface area contributed by atoms with Crippen LogP contribution in [0, 0.1) is 11.6 Å². The van der Waals surface area contributed by atoms with Gasteiger partial charge in [0.2, 0.25) is 5.91 Å². The molecule has 4 aromatic carbocycles. The van der Waals surface area contributed by atoms with Gasteiger partial charge in [-0.2, -0.15) is 26.9 Å². The molecule has 0 spiro atoms. The zero-order chi connectivity index (χ0) is 46.2. The van der Waals surface area contributed by atoms with Gasteiger partial charge in [-0.1, -0.05) is 79.7 Å². The number of amides is 1. The van der Waals surface area contributed by atoms with Crippen molar-refractivity contribution in [1.82, 2.24) is 19.4 Å². The standard InChI is InChI=1S/C40H37F7N4O2.C4H6O6/c1-2-49-22-20-31(21-23-49)50(24-26-10-12-27(13-11-26)28-14-17-30(18-15-28)39(43,44)40(45,46)47)36(52)25-51-34-9-4-3-7-32(34)38(53)48-35(51)19-16-29-6-5-8-33(41)37(29)42;5-1(3(7)8)2(6)4(9)10/h3-15,17-18,31H,2,16,19-25H2,1H3;1-2,5-6H,(H,7,8)(H,9,10). The highest BCUT2D eigenvalue weighted by Gasteiger charge is 2.58. The smallest absolute Gasteiger partial charge is 0.458 e. The molecule has 0 saturated carbocycles. The largest absolute Gasteiger partial charge is 0.479 e. The highest BCUT2D eigenvalue weighted by Crippen LogP contribution is 2.44. The number of aliphatic hydroxyl groups is 2. The maximum Gasteiger partial charge on any atom is 0.458 e. The SMILES string of the molecule is CCN1CCC(N(Cc2ccc(-c3ccc(C(F)(F)C(F)(F)F)cc3)cc2)C(=O)Cn2c(CCc3cccc(F)c3F)nc(=O)c3ccccc32)CC1.O=C(O)C(O)C(O)C(=O)O. The van der Waals surface area contributed by atoms with E-state index in [1.807, 2.05) is 0 Å². The fourth-order valence-electron chi connectivity index (χ4n) is 7.12. The molecule has 0 bridgehead atoms. The first-order chi connectivity index (χ1) is 29.7. The summed E-state index contributed by atoms with van der Waals surface area (Å²) in [5, 5.41) is 32.8. The quantitative estimate of drug-likeness (QED) is 0.0945. The maximum atomic E-state index is 14.5. The molecule has 1 amide bonds. The Morgan fingerprint density at radius 3 is 1.92 bits per heavy atom. The second-order valence-electron chi connectivity index (χ2n) is 14.7. The van der Waals surface area contributed by atoms with E-state index in [0.717, 1.165) is 56.2 Å². The van der Waals surface area contributed by atoms with Gasteiger partial charge in [-0.25, -0.2) is 18.4 Å². The van der Waals surface area contributed by atoms with Crippen LogP contribution >= 0.6 is 0 Å². The fraction of sp³-hybridized carbons (Fsp3) is 0.341. The van der Waals surface area contributed by atoms with E-state index >= 15 is 0 Å². The average Bonchev–Trinajstić information content (AvgIpc) is 3.26. The number of carboxylic acids is 2. The summed E-state index contributed by atoms with van der Waals surface area (Å²) in [6.07, 6.45) is -8.68. The number of nitrogens with zero attached hydrogens (tertiary/aromatic N) is 4. The number of aliphatic carboxylic acids is 2. The average molecular weight is 889 g/mol. The number of fused-ring (bicyclic) bond motifs is 1. The van der Waals surface area contributed by atoms with Crippen LogP contribution in [0.1, 0.15) is 42.3 Å². The summed E-state index contributed by atoms with van der Waals surface area (Å²) in [7, 11) is 0. The van der Waals surface area contributed by atoms with Crippen LogP contribution in [0.5, 0.6) is 0 Å². The van der Waals surface area contributed by atoms with E-state index in [4.69, 9.17) is 20.4 Å². The summed E-state index contributed by atoms with van der Waals surface area (Å²) in [6.45, 7) is 4.59. The van der Waals surface area contributed by atoms with Crippen LogP contribution < -0.4 is 5.56 Å². The van der Waals surface area contributed by atoms with Crippen LogP contribution in [0.3, 0.4) is 0 Å². The van der Waals surface area contributed by atoms with Crippen molar-refractivity contribution in [3.8, 4) is 11.1 Å². The van der Waals surface area contributed by atoms with Crippen molar-refractivity contribution < 1.29 is 65.5 Å². The summed E-state index contributed by atoms with van der Waals surface area (Å²) < 4.78 is 96.4. The van der Waals surface area contributed by atoms with Crippen molar-refractivity contribution in [3.05, 3.63) is 135 Å². The van der Waals surface area contributed by atoms with Gasteiger partial charge in [0.1, 0.15) is 12.4 Å². The van der Waals surface area contributed by atoms with E-state index in [1.54, 1.807) is 58.0 Å². The number of hydrogen-bond donors (Lipinski definition) is 4. The summed E-state index contributed by atoms with van der Waals surface area (Å²) >= 11 is 0. The van der Waals surface area contributed by atoms with Crippen LogP contribution in [0.25, 0.3) is 22.0 Å². The Balaban J connectivity index is 0.000000667. The first-order valence-electron chi connectivity index (χ1n) is 19.6. The van der Waals surface area contributed by atoms with Gasteiger partial charge >= 0.3 is 24.0 Å². The summed E-state index contributed by atoms with van der Waals surface area (Å²) in [6, 6.07) is 21.5. The van der Waals surface area contributed by atoms with Gasteiger partial charge in [-0.15, -0.1) is 0 Å². The second-order valence-corrected chi connectivity index (χ2v) is 14.7. The molecule has 5 aromatic rings. The molecule has 0 radical (unpaired) electrons. The van der Waals surface area contributed by atoms with Crippen molar-refractivity contribution in [2.75, 3.05) is 19.6 Å². The number of halogens is 7. The number of likely N-dealkylation sites (tertiary alicyclic amines) is 1. The van der Waals surface area contributed by atoms with E-state index < -0.39 is 59.0 Å². The first kappa shape index (κ1) is 47.9. The molecule has 4 N–H and O–H groups in total. The number of benzene rings is 4. The van der Waals surface area contributed by atoms with Crippen molar-refractivity contribution in [1.29, 1.82) is 0 Å². The van der Waals surface area contributed by atoms with Crippen molar-refractivity contribution in [2.24, 2.45) is 0 Å². The lowest BCUT2D eigenvalue weighted by Gasteiger charge is -2.38. The molecular weight excluding hydrogens is 845 g/mol. The lowest BCUT2D eigenvalue weighted by Crippen LogP contribution is -2.48. The molecule has 63 heavy (non-hydrogen) atoms. The number of carbonyl (C=O) groups is 3. The van der Waals surface area contributed by atoms with Crippen molar-refractivity contribution >= 4 is 28.7 Å². The number of hydrogen-bond acceptors (Lipinski definition) is 8. The molecule has 1 aliphatic rings. The highest BCUT2D eigenvalue weighted by atomic mass is 19.4. The van der Waals surface area contributed by atoms with Gasteiger partial charge in [-0.05, 0) is 66.3 Å². The molecule has 2 unspecified atom stereocenters. The third kappa shape index (κ3) is 11.5. The Morgan fingerprint density at radius 2 is 1.37 bits per heavy atom. The number of aliphatic hydroxyl groups excluding tert-OH is 2. The molecule has 1 saturated heterocycles. The molecular formula is C44H43F7N4O8.